The highest BCUT2D eigenvalue weighted by Crippen LogP contribution is 2.27. The van der Waals surface area contributed by atoms with E-state index in [2.05, 4.69) is 39.4 Å². The van der Waals surface area contributed by atoms with E-state index in [4.69, 9.17) is 0 Å². The zero-order valence-corrected chi connectivity index (χ0v) is 14.0. The van der Waals surface area contributed by atoms with Crippen LogP contribution in [0.2, 0.25) is 0 Å². The van der Waals surface area contributed by atoms with E-state index in [1.54, 1.807) is 0 Å². The molecule has 0 aliphatic carbocycles. The van der Waals surface area contributed by atoms with Crippen LogP contribution < -0.4 is 5.32 Å². The van der Waals surface area contributed by atoms with Crippen molar-refractivity contribution >= 4 is 27.5 Å². The van der Waals surface area contributed by atoms with Gasteiger partial charge in [0.25, 0.3) is 0 Å². The van der Waals surface area contributed by atoms with Crippen LogP contribution >= 0.6 is 15.9 Å². The number of amides is 1. The van der Waals surface area contributed by atoms with Crippen LogP contribution in [0.1, 0.15) is 29.5 Å². The lowest BCUT2D eigenvalue weighted by atomic mass is 10.1. The number of hydrogen-bond donors (Lipinski definition) is 1. The summed E-state index contributed by atoms with van der Waals surface area (Å²) in [6, 6.07) is 14.4. The number of aryl methyl sites for hydroxylation is 3. The minimum Gasteiger partial charge on any atom is -0.325 e. The van der Waals surface area contributed by atoms with E-state index in [1.165, 1.54) is 11.1 Å². The van der Waals surface area contributed by atoms with Crippen LogP contribution in [0.5, 0.6) is 0 Å². The zero-order chi connectivity index (χ0) is 15.2. The highest BCUT2D eigenvalue weighted by atomic mass is 79.9. The third-order valence-electron chi connectivity index (χ3n) is 3.41. The molecule has 1 N–H and O–H groups in total. The van der Waals surface area contributed by atoms with E-state index in [0.717, 1.165) is 28.6 Å². The molecule has 1 amide bonds. The Hall–Kier alpha value is -1.61. The van der Waals surface area contributed by atoms with Crippen LogP contribution in [0.25, 0.3) is 0 Å². The van der Waals surface area contributed by atoms with E-state index < -0.39 is 0 Å². The fourth-order valence-electron chi connectivity index (χ4n) is 2.37. The molecular weight excluding hydrogens is 326 g/mol. The topological polar surface area (TPSA) is 29.1 Å². The molecule has 2 aromatic carbocycles. The molecule has 0 radical (unpaired) electrons. The van der Waals surface area contributed by atoms with Crippen LogP contribution in [-0.2, 0) is 11.2 Å². The molecule has 0 aliphatic heterocycles. The molecule has 3 heteroatoms. The SMILES string of the molecule is Cc1cc(C)c(NC(=O)CCCc2ccccc2)c(Br)c1. The lowest BCUT2D eigenvalue weighted by Crippen LogP contribution is -2.13. The number of nitrogens with one attached hydrogen (secondary N) is 1. The minimum atomic E-state index is 0.0681. The fourth-order valence-corrected chi connectivity index (χ4v) is 3.15. The Bertz CT molecular complexity index is 599. The predicted molar refractivity (Wildman–Crippen MR) is 91.6 cm³/mol. The van der Waals surface area contributed by atoms with Gasteiger partial charge in [0, 0.05) is 10.9 Å². The van der Waals surface area contributed by atoms with Crippen molar-refractivity contribution in [1.82, 2.24) is 0 Å². The lowest BCUT2D eigenvalue weighted by molar-refractivity contribution is -0.116. The quantitative estimate of drug-likeness (QED) is 0.809. The molecule has 0 unspecified atom stereocenters. The first-order chi connectivity index (χ1) is 10.1. The number of benzene rings is 2. The first-order valence-electron chi connectivity index (χ1n) is 7.17. The maximum absolute atomic E-state index is 12.1. The highest BCUT2D eigenvalue weighted by molar-refractivity contribution is 9.10. The van der Waals surface area contributed by atoms with Crippen LogP contribution in [0.4, 0.5) is 5.69 Å². The van der Waals surface area contributed by atoms with Gasteiger partial charge in [-0.1, -0.05) is 36.4 Å². The Morgan fingerprint density at radius 3 is 2.52 bits per heavy atom. The zero-order valence-electron chi connectivity index (χ0n) is 12.4. The van der Waals surface area contributed by atoms with Crippen molar-refractivity contribution in [2.75, 3.05) is 5.32 Å². The summed E-state index contributed by atoms with van der Waals surface area (Å²) in [5.74, 6) is 0.0681. The molecule has 0 aromatic heterocycles. The Balaban J connectivity index is 1.88. The Labute approximate surface area is 134 Å². The van der Waals surface area contributed by atoms with Gasteiger partial charge in [-0.05, 0) is 65.4 Å². The summed E-state index contributed by atoms with van der Waals surface area (Å²) in [4.78, 5) is 12.1. The average molecular weight is 346 g/mol. The second kappa shape index (κ2) is 7.41. The summed E-state index contributed by atoms with van der Waals surface area (Å²) in [7, 11) is 0. The van der Waals surface area contributed by atoms with Crippen molar-refractivity contribution in [3.05, 3.63) is 63.6 Å². The minimum absolute atomic E-state index is 0.0681. The number of hydrogen-bond acceptors (Lipinski definition) is 1. The Kier molecular flexibility index (Phi) is 5.57. The maximum atomic E-state index is 12.1. The number of halogens is 1. The summed E-state index contributed by atoms with van der Waals surface area (Å²) in [5.41, 5.74) is 4.42. The molecule has 110 valence electrons. The first kappa shape index (κ1) is 15.8. The third kappa shape index (κ3) is 4.71. The van der Waals surface area contributed by atoms with Gasteiger partial charge in [-0.3, -0.25) is 4.79 Å². The van der Waals surface area contributed by atoms with Gasteiger partial charge in [0.2, 0.25) is 5.91 Å². The predicted octanol–water partition coefficient (Wildman–Crippen LogP) is 5.03. The molecule has 0 fully saturated rings. The first-order valence-corrected chi connectivity index (χ1v) is 7.96. The second-order valence-electron chi connectivity index (χ2n) is 5.33. The lowest BCUT2D eigenvalue weighted by Gasteiger charge is -2.11. The van der Waals surface area contributed by atoms with Gasteiger partial charge in [0.1, 0.15) is 0 Å². The van der Waals surface area contributed by atoms with Crippen LogP contribution in [-0.4, -0.2) is 5.91 Å². The van der Waals surface area contributed by atoms with Gasteiger partial charge < -0.3 is 5.32 Å². The summed E-state index contributed by atoms with van der Waals surface area (Å²) in [6.45, 7) is 4.06. The molecule has 0 bridgehead atoms. The van der Waals surface area contributed by atoms with E-state index in [0.29, 0.717) is 6.42 Å². The molecule has 2 rings (SSSR count). The largest absolute Gasteiger partial charge is 0.325 e. The van der Waals surface area contributed by atoms with Crippen molar-refractivity contribution in [2.24, 2.45) is 0 Å². The second-order valence-corrected chi connectivity index (χ2v) is 6.18. The van der Waals surface area contributed by atoms with E-state index >= 15 is 0 Å². The molecule has 2 nitrogen and oxygen atoms in total. The molecule has 0 aliphatic rings. The highest BCUT2D eigenvalue weighted by Gasteiger charge is 2.09. The number of anilines is 1. The van der Waals surface area contributed by atoms with Crippen molar-refractivity contribution in [1.29, 1.82) is 0 Å². The fraction of sp³-hybridized carbons (Fsp3) is 0.278. The standard InChI is InChI=1S/C18H20BrNO/c1-13-11-14(2)18(16(19)12-13)20-17(21)10-6-9-15-7-4-3-5-8-15/h3-5,7-8,11-12H,6,9-10H2,1-2H3,(H,20,21). The number of rotatable bonds is 5. The van der Waals surface area contributed by atoms with Crippen LogP contribution in [0, 0.1) is 13.8 Å². The van der Waals surface area contributed by atoms with Gasteiger partial charge in [-0.2, -0.15) is 0 Å². The van der Waals surface area contributed by atoms with Crippen LogP contribution in [0.15, 0.2) is 46.9 Å². The van der Waals surface area contributed by atoms with Gasteiger partial charge >= 0.3 is 0 Å². The molecule has 21 heavy (non-hydrogen) atoms. The molecule has 0 heterocycles. The normalized spacial score (nSPS) is 10.4. The van der Waals surface area contributed by atoms with Crippen molar-refractivity contribution < 1.29 is 4.79 Å². The molecule has 0 spiro atoms. The Morgan fingerprint density at radius 1 is 1.14 bits per heavy atom. The Morgan fingerprint density at radius 2 is 1.86 bits per heavy atom. The number of carbonyl (C=O) groups excluding carboxylic acids is 1. The van der Waals surface area contributed by atoms with Gasteiger partial charge in [0.15, 0.2) is 0 Å². The smallest absolute Gasteiger partial charge is 0.224 e. The summed E-state index contributed by atoms with van der Waals surface area (Å²) < 4.78 is 0.941. The van der Waals surface area contributed by atoms with Crippen LogP contribution in [0.3, 0.4) is 0 Å². The van der Waals surface area contributed by atoms with Gasteiger partial charge in [-0.15, -0.1) is 0 Å². The van der Waals surface area contributed by atoms with Gasteiger partial charge in [-0.25, -0.2) is 0 Å². The molecular formula is C18H20BrNO. The average Bonchev–Trinajstić information content (AvgIpc) is 2.44. The van der Waals surface area contributed by atoms with Crippen molar-refractivity contribution in [2.45, 2.75) is 33.1 Å². The third-order valence-corrected chi connectivity index (χ3v) is 4.03. The molecule has 0 saturated carbocycles. The number of carbonyl (C=O) groups is 1. The van der Waals surface area contributed by atoms with E-state index in [9.17, 15) is 4.79 Å². The van der Waals surface area contributed by atoms with E-state index in [1.807, 2.05) is 38.1 Å². The van der Waals surface area contributed by atoms with Crippen molar-refractivity contribution in [3.8, 4) is 0 Å². The maximum Gasteiger partial charge on any atom is 0.224 e. The molecule has 0 saturated heterocycles. The molecule has 2 aromatic rings. The molecule has 0 atom stereocenters. The summed E-state index contributed by atoms with van der Waals surface area (Å²) >= 11 is 3.52. The van der Waals surface area contributed by atoms with Gasteiger partial charge in [0.05, 0.1) is 5.69 Å². The summed E-state index contributed by atoms with van der Waals surface area (Å²) in [6.07, 6.45) is 2.33. The monoisotopic (exact) mass is 345 g/mol. The van der Waals surface area contributed by atoms with Crippen molar-refractivity contribution in [3.63, 3.8) is 0 Å². The summed E-state index contributed by atoms with van der Waals surface area (Å²) in [5, 5.41) is 3.01. The van der Waals surface area contributed by atoms with E-state index in [-0.39, 0.29) is 5.91 Å².